The zero-order chi connectivity index (χ0) is 20.2. The number of hydrogen-bond acceptors (Lipinski definition) is 4. The third-order valence-electron chi connectivity index (χ3n) is 4.81. The Kier molecular flexibility index (Phi) is 5.71. The smallest absolute Gasteiger partial charge is 0.242 e. The molecule has 0 N–H and O–H groups in total. The second-order valence-electron chi connectivity index (χ2n) is 6.76. The van der Waals surface area contributed by atoms with E-state index in [1.54, 1.807) is 23.2 Å². The van der Waals surface area contributed by atoms with Crippen molar-refractivity contribution in [1.82, 2.24) is 4.90 Å². The maximum Gasteiger partial charge on any atom is 0.242 e. The van der Waals surface area contributed by atoms with Gasteiger partial charge in [-0.15, -0.1) is 5.10 Å². The zero-order valence-corrected chi connectivity index (χ0v) is 16.8. The topological polar surface area (TPSA) is 45.0 Å². The molecule has 3 aromatic rings. The first-order valence-corrected chi connectivity index (χ1v) is 10.3. The van der Waals surface area contributed by atoms with Crippen LogP contribution in [0.1, 0.15) is 24.5 Å². The first kappa shape index (κ1) is 19.3. The molecule has 1 saturated heterocycles. The van der Waals surface area contributed by atoms with Gasteiger partial charge in [-0.3, -0.25) is 9.69 Å². The predicted molar refractivity (Wildman–Crippen MR) is 118 cm³/mol. The van der Waals surface area contributed by atoms with Crippen molar-refractivity contribution in [3.8, 4) is 0 Å². The van der Waals surface area contributed by atoms with Gasteiger partial charge >= 0.3 is 0 Å². The van der Waals surface area contributed by atoms with E-state index >= 15 is 0 Å². The van der Waals surface area contributed by atoms with Gasteiger partial charge in [0.2, 0.25) is 5.91 Å². The lowest BCUT2D eigenvalue weighted by Gasteiger charge is -2.15. The summed E-state index contributed by atoms with van der Waals surface area (Å²) < 4.78 is 13.2. The number of amidine groups is 1. The minimum atomic E-state index is -0.295. The van der Waals surface area contributed by atoms with Crippen LogP contribution >= 0.6 is 11.8 Å². The third kappa shape index (κ3) is 4.22. The normalized spacial score (nSPS) is 18.4. The first-order valence-electron chi connectivity index (χ1n) is 9.47. The Morgan fingerprint density at radius 3 is 2.62 bits per heavy atom. The lowest BCUT2D eigenvalue weighted by molar-refractivity contribution is -0.126. The van der Waals surface area contributed by atoms with Crippen molar-refractivity contribution in [3.05, 3.63) is 83.7 Å². The summed E-state index contributed by atoms with van der Waals surface area (Å²) in [6.07, 6.45) is 2.44. The van der Waals surface area contributed by atoms with Crippen LogP contribution in [-0.4, -0.2) is 27.4 Å². The Morgan fingerprint density at radius 2 is 1.83 bits per heavy atom. The number of rotatable bonds is 5. The van der Waals surface area contributed by atoms with Gasteiger partial charge in [-0.25, -0.2) is 4.39 Å². The zero-order valence-electron chi connectivity index (χ0n) is 16.0. The number of hydrogen-bond donors (Lipinski definition) is 0. The number of carbonyl (C=O) groups excluding carboxylic acids is 1. The molecule has 0 aromatic heterocycles. The van der Waals surface area contributed by atoms with Crippen LogP contribution in [0.3, 0.4) is 0 Å². The number of benzene rings is 3. The van der Waals surface area contributed by atoms with Gasteiger partial charge in [0.25, 0.3) is 0 Å². The summed E-state index contributed by atoms with van der Waals surface area (Å²) in [5.41, 5.74) is 1.82. The Morgan fingerprint density at radius 1 is 1.07 bits per heavy atom. The van der Waals surface area contributed by atoms with Crippen molar-refractivity contribution < 1.29 is 9.18 Å². The number of fused-ring (bicyclic) bond motifs is 1. The number of amides is 1. The largest absolute Gasteiger partial charge is 0.284 e. The minimum absolute atomic E-state index is 0.0148. The lowest BCUT2D eigenvalue weighted by atomic mass is 10.1. The van der Waals surface area contributed by atoms with Crippen LogP contribution in [0.2, 0.25) is 0 Å². The number of carbonyl (C=O) groups is 1. The van der Waals surface area contributed by atoms with Gasteiger partial charge < -0.3 is 0 Å². The van der Waals surface area contributed by atoms with E-state index in [4.69, 9.17) is 0 Å². The molecule has 1 amide bonds. The van der Waals surface area contributed by atoms with Crippen molar-refractivity contribution in [2.24, 2.45) is 10.2 Å². The van der Waals surface area contributed by atoms with Gasteiger partial charge in [-0.1, -0.05) is 73.3 Å². The maximum absolute atomic E-state index is 13.2. The second-order valence-corrected chi connectivity index (χ2v) is 7.93. The molecule has 4 nitrogen and oxygen atoms in total. The number of halogens is 1. The number of thioether (sulfide) groups is 1. The molecule has 1 atom stereocenters. The van der Waals surface area contributed by atoms with Crippen molar-refractivity contribution in [2.45, 2.75) is 25.1 Å². The van der Waals surface area contributed by atoms with E-state index in [-0.39, 0.29) is 17.0 Å². The van der Waals surface area contributed by atoms with Gasteiger partial charge in [0.15, 0.2) is 5.17 Å². The average molecular weight is 405 g/mol. The van der Waals surface area contributed by atoms with E-state index in [9.17, 15) is 9.18 Å². The molecule has 3 aromatic carbocycles. The highest BCUT2D eigenvalue weighted by Crippen LogP contribution is 2.31. The van der Waals surface area contributed by atoms with Crippen LogP contribution in [0.4, 0.5) is 4.39 Å². The Bertz CT molecular complexity index is 1090. The molecule has 0 aliphatic carbocycles. The van der Waals surface area contributed by atoms with E-state index < -0.39 is 0 Å². The summed E-state index contributed by atoms with van der Waals surface area (Å²) in [6, 6.07) is 20.3. The Hall–Kier alpha value is -2.99. The molecule has 0 bridgehead atoms. The van der Waals surface area contributed by atoms with E-state index in [1.165, 1.54) is 23.9 Å². The highest BCUT2D eigenvalue weighted by molar-refractivity contribution is 8.15. The number of nitrogens with zero attached hydrogens (tertiary/aromatic N) is 3. The molecule has 29 heavy (non-hydrogen) atoms. The monoisotopic (exact) mass is 405 g/mol. The fourth-order valence-corrected chi connectivity index (χ4v) is 4.29. The first-order chi connectivity index (χ1) is 14.2. The van der Waals surface area contributed by atoms with Gasteiger partial charge in [0, 0.05) is 5.56 Å². The summed E-state index contributed by atoms with van der Waals surface area (Å²) >= 11 is 1.43. The molecule has 0 radical (unpaired) electrons. The van der Waals surface area contributed by atoms with E-state index in [2.05, 4.69) is 22.3 Å². The van der Waals surface area contributed by atoms with Crippen LogP contribution in [0.15, 0.2) is 76.9 Å². The molecule has 0 saturated carbocycles. The average Bonchev–Trinajstić information content (AvgIpc) is 3.04. The van der Waals surface area contributed by atoms with Crippen LogP contribution in [-0.2, 0) is 11.3 Å². The summed E-state index contributed by atoms with van der Waals surface area (Å²) in [5, 5.41) is 11.3. The molecule has 0 unspecified atom stereocenters. The van der Waals surface area contributed by atoms with Crippen LogP contribution < -0.4 is 0 Å². The fraction of sp³-hybridized carbons (Fsp3) is 0.174. The molecular weight excluding hydrogens is 385 g/mol. The molecular formula is C23H20FN3OS. The van der Waals surface area contributed by atoms with Crippen LogP contribution in [0, 0.1) is 5.82 Å². The van der Waals surface area contributed by atoms with Gasteiger partial charge in [0.1, 0.15) is 5.82 Å². The molecule has 4 rings (SSSR count). The summed E-state index contributed by atoms with van der Waals surface area (Å²) in [6.45, 7) is 2.33. The van der Waals surface area contributed by atoms with Crippen molar-refractivity contribution in [1.29, 1.82) is 0 Å². The van der Waals surface area contributed by atoms with E-state index in [0.717, 1.165) is 28.3 Å². The van der Waals surface area contributed by atoms with Gasteiger partial charge in [-0.2, -0.15) is 5.10 Å². The molecule has 0 spiro atoms. The Labute approximate surface area is 173 Å². The lowest BCUT2D eigenvalue weighted by Crippen LogP contribution is -2.31. The van der Waals surface area contributed by atoms with Crippen molar-refractivity contribution in [2.75, 3.05) is 0 Å². The summed E-state index contributed by atoms with van der Waals surface area (Å²) in [7, 11) is 0. The molecule has 1 fully saturated rings. The second kappa shape index (κ2) is 8.57. The fourth-order valence-electron chi connectivity index (χ4n) is 3.27. The molecule has 1 aliphatic rings. The highest BCUT2D eigenvalue weighted by atomic mass is 32.2. The van der Waals surface area contributed by atoms with Crippen LogP contribution in [0.5, 0.6) is 0 Å². The maximum atomic E-state index is 13.2. The Balaban J connectivity index is 1.60. The molecule has 1 aliphatic heterocycles. The molecule has 146 valence electrons. The van der Waals surface area contributed by atoms with Gasteiger partial charge in [0.05, 0.1) is 18.0 Å². The van der Waals surface area contributed by atoms with Crippen molar-refractivity contribution >= 4 is 39.8 Å². The predicted octanol–water partition coefficient (Wildman–Crippen LogP) is 5.22. The third-order valence-corrected chi connectivity index (χ3v) is 6.14. The quantitative estimate of drug-likeness (QED) is 0.431. The van der Waals surface area contributed by atoms with E-state index in [1.807, 2.05) is 37.3 Å². The SMILES string of the molecule is CC[C@@H]1S/C(=N\N=C/c2cccc3ccccc23)N(Cc2ccc(F)cc2)C1=O. The summed E-state index contributed by atoms with van der Waals surface area (Å²) in [4.78, 5) is 14.4. The van der Waals surface area contributed by atoms with Gasteiger partial charge in [-0.05, 0) is 34.9 Å². The highest BCUT2D eigenvalue weighted by Gasteiger charge is 2.36. The van der Waals surface area contributed by atoms with E-state index in [0.29, 0.717) is 11.7 Å². The molecule has 1 heterocycles. The minimum Gasteiger partial charge on any atom is -0.284 e. The standard InChI is InChI=1S/C23H20FN3OS/c1-2-21-22(28)27(15-16-10-12-19(24)13-11-16)23(29-21)26-25-14-18-8-5-7-17-6-3-4-9-20(17)18/h3-14,21H,2,15H2,1H3/b25-14-,26-23-/t21-/m0/s1. The van der Waals surface area contributed by atoms with Crippen molar-refractivity contribution in [3.63, 3.8) is 0 Å². The summed E-state index contributed by atoms with van der Waals surface area (Å²) in [5.74, 6) is -0.281. The van der Waals surface area contributed by atoms with Crippen LogP contribution in [0.25, 0.3) is 10.8 Å². The molecule has 6 heteroatoms.